The molecule has 3 N–H and O–H groups in total. The molecule has 2 aromatic rings. The fraction of sp³-hybridized carbons (Fsp3) is 0.235. The lowest BCUT2D eigenvalue weighted by Gasteiger charge is -2.12. The summed E-state index contributed by atoms with van der Waals surface area (Å²) in [6.07, 6.45) is 0.529. The van der Waals surface area contributed by atoms with Crippen molar-refractivity contribution in [3.8, 4) is 5.75 Å². The van der Waals surface area contributed by atoms with Crippen LogP contribution in [0, 0.1) is 11.6 Å². The van der Waals surface area contributed by atoms with Crippen LogP contribution in [0.3, 0.4) is 0 Å². The summed E-state index contributed by atoms with van der Waals surface area (Å²) in [5.41, 5.74) is 1.31. The smallest absolute Gasteiger partial charge is 0.191 e. The first-order valence-corrected chi connectivity index (χ1v) is 7.25. The summed E-state index contributed by atoms with van der Waals surface area (Å²) in [6.45, 7) is 0.876. The van der Waals surface area contributed by atoms with Gasteiger partial charge < -0.3 is 15.7 Å². The van der Waals surface area contributed by atoms with E-state index in [4.69, 9.17) is 5.11 Å². The topological polar surface area (TPSA) is 56.7 Å². The highest BCUT2D eigenvalue weighted by Gasteiger charge is 2.04. The van der Waals surface area contributed by atoms with Crippen molar-refractivity contribution < 1.29 is 13.9 Å². The number of phenols is 1. The fourth-order valence-corrected chi connectivity index (χ4v) is 2.08. The van der Waals surface area contributed by atoms with Gasteiger partial charge in [-0.1, -0.05) is 24.3 Å². The quantitative estimate of drug-likeness (QED) is 0.586. The average Bonchev–Trinajstić information content (AvgIpc) is 2.55. The van der Waals surface area contributed by atoms with Gasteiger partial charge in [0.1, 0.15) is 5.82 Å². The fourth-order valence-electron chi connectivity index (χ4n) is 2.08. The van der Waals surface area contributed by atoms with Gasteiger partial charge in [0.25, 0.3) is 0 Å². The minimum absolute atomic E-state index is 0.225. The second kappa shape index (κ2) is 8.12. The van der Waals surface area contributed by atoms with E-state index in [1.165, 1.54) is 18.2 Å². The van der Waals surface area contributed by atoms with Crippen LogP contribution in [-0.2, 0) is 13.0 Å². The van der Waals surface area contributed by atoms with E-state index in [2.05, 4.69) is 15.6 Å². The summed E-state index contributed by atoms with van der Waals surface area (Å²) < 4.78 is 26.8. The minimum atomic E-state index is -0.660. The highest BCUT2D eigenvalue weighted by atomic mass is 19.1. The Morgan fingerprint density at radius 2 is 1.87 bits per heavy atom. The van der Waals surface area contributed by atoms with Gasteiger partial charge in [0.15, 0.2) is 17.5 Å². The van der Waals surface area contributed by atoms with Crippen molar-refractivity contribution in [1.82, 2.24) is 10.6 Å². The maximum absolute atomic E-state index is 13.5. The van der Waals surface area contributed by atoms with Crippen molar-refractivity contribution in [2.75, 3.05) is 13.6 Å². The van der Waals surface area contributed by atoms with Gasteiger partial charge in [0.05, 0.1) is 0 Å². The number of guanidine groups is 1. The summed E-state index contributed by atoms with van der Waals surface area (Å²) in [5, 5.41) is 15.3. The zero-order chi connectivity index (χ0) is 16.7. The molecular formula is C17H19F2N3O. The summed E-state index contributed by atoms with van der Waals surface area (Å²) in [7, 11) is 1.62. The highest BCUT2D eigenvalue weighted by Crippen LogP contribution is 2.15. The summed E-state index contributed by atoms with van der Waals surface area (Å²) in [6, 6.07) is 10.8. The molecule has 0 bridgehead atoms. The van der Waals surface area contributed by atoms with Gasteiger partial charge in [-0.05, 0) is 35.7 Å². The number of hydrogen-bond acceptors (Lipinski definition) is 2. The van der Waals surface area contributed by atoms with Gasteiger partial charge in [-0.25, -0.2) is 8.78 Å². The molecule has 2 aromatic carbocycles. The molecule has 4 nitrogen and oxygen atoms in total. The van der Waals surface area contributed by atoms with Crippen molar-refractivity contribution in [3.05, 3.63) is 65.2 Å². The van der Waals surface area contributed by atoms with Gasteiger partial charge in [0.2, 0.25) is 0 Å². The number of nitrogens with one attached hydrogen (secondary N) is 2. The van der Waals surface area contributed by atoms with E-state index in [-0.39, 0.29) is 11.6 Å². The van der Waals surface area contributed by atoms with Gasteiger partial charge >= 0.3 is 0 Å². The maximum Gasteiger partial charge on any atom is 0.191 e. The lowest BCUT2D eigenvalue weighted by molar-refractivity contribution is 0.431. The summed E-state index contributed by atoms with van der Waals surface area (Å²) in [5.74, 6) is -0.723. The molecule has 122 valence electrons. The normalized spacial score (nSPS) is 11.3. The van der Waals surface area contributed by atoms with Gasteiger partial charge in [-0.3, -0.25) is 4.99 Å². The van der Waals surface area contributed by atoms with Crippen LogP contribution in [0.4, 0.5) is 8.78 Å². The van der Waals surface area contributed by atoms with Crippen molar-refractivity contribution in [1.29, 1.82) is 0 Å². The van der Waals surface area contributed by atoms with E-state index < -0.39 is 5.82 Å². The van der Waals surface area contributed by atoms with Gasteiger partial charge in [-0.2, -0.15) is 0 Å². The molecule has 0 saturated heterocycles. The zero-order valence-corrected chi connectivity index (χ0v) is 12.8. The molecule has 0 atom stereocenters. The van der Waals surface area contributed by atoms with Crippen molar-refractivity contribution in [3.63, 3.8) is 0 Å². The Morgan fingerprint density at radius 3 is 2.57 bits per heavy atom. The van der Waals surface area contributed by atoms with E-state index in [0.29, 0.717) is 36.6 Å². The van der Waals surface area contributed by atoms with Gasteiger partial charge in [0, 0.05) is 20.1 Å². The summed E-state index contributed by atoms with van der Waals surface area (Å²) in [4.78, 5) is 4.05. The molecule has 23 heavy (non-hydrogen) atoms. The largest absolute Gasteiger partial charge is 0.505 e. The predicted octanol–water partition coefficient (Wildman–Crippen LogP) is 2.58. The molecule has 0 aliphatic carbocycles. The average molecular weight is 319 g/mol. The third kappa shape index (κ3) is 4.95. The van der Waals surface area contributed by atoms with Crippen molar-refractivity contribution in [2.45, 2.75) is 13.0 Å². The molecule has 0 fully saturated rings. The number of phenolic OH excluding ortho intramolecular Hbond substituents is 1. The van der Waals surface area contributed by atoms with E-state index in [1.54, 1.807) is 31.3 Å². The van der Waals surface area contributed by atoms with Crippen LogP contribution in [0.2, 0.25) is 0 Å². The number of hydrogen-bond donors (Lipinski definition) is 3. The van der Waals surface area contributed by atoms with Crippen LogP contribution in [0.5, 0.6) is 5.75 Å². The number of benzene rings is 2. The van der Waals surface area contributed by atoms with E-state index in [0.717, 1.165) is 0 Å². The molecule has 6 heteroatoms. The first-order valence-electron chi connectivity index (χ1n) is 7.25. The Morgan fingerprint density at radius 1 is 1.09 bits per heavy atom. The first-order chi connectivity index (χ1) is 11.1. The number of nitrogens with zero attached hydrogens (tertiary/aromatic N) is 1. The Hall–Kier alpha value is -2.63. The monoisotopic (exact) mass is 319 g/mol. The van der Waals surface area contributed by atoms with Crippen molar-refractivity contribution >= 4 is 5.96 Å². The Kier molecular flexibility index (Phi) is 5.91. The second-order valence-corrected chi connectivity index (χ2v) is 4.98. The Bertz CT molecular complexity index is 689. The van der Waals surface area contributed by atoms with E-state index >= 15 is 0 Å². The molecule has 0 saturated carbocycles. The molecule has 0 spiro atoms. The van der Waals surface area contributed by atoms with Crippen LogP contribution in [0.1, 0.15) is 11.1 Å². The molecular weight excluding hydrogens is 300 g/mol. The maximum atomic E-state index is 13.5. The molecule has 0 unspecified atom stereocenters. The van der Waals surface area contributed by atoms with E-state index in [9.17, 15) is 8.78 Å². The van der Waals surface area contributed by atoms with Crippen LogP contribution in [0.25, 0.3) is 0 Å². The highest BCUT2D eigenvalue weighted by molar-refractivity contribution is 5.79. The van der Waals surface area contributed by atoms with Crippen LogP contribution < -0.4 is 10.6 Å². The molecule has 0 aromatic heterocycles. The van der Waals surface area contributed by atoms with Gasteiger partial charge in [-0.15, -0.1) is 0 Å². The SMILES string of the molecule is CN=C(NCCc1ccccc1F)NCc1ccc(O)c(F)c1. The predicted molar refractivity (Wildman–Crippen MR) is 86.4 cm³/mol. The molecule has 0 heterocycles. The number of halogens is 2. The molecule has 2 rings (SSSR count). The number of rotatable bonds is 5. The first kappa shape index (κ1) is 16.7. The molecule has 0 aliphatic rings. The standard InChI is InChI=1S/C17H19F2N3O/c1-20-17(21-9-8-13-4-2-3-5-14(13)18)22-11-12-6-7-16(23)15(19)10-12/h2-7,10,23H,8-9,11H2,1H3,(H2,20,21,22). The number of aromatic hydroxyl groups is 1. The summed E-state index contributed by atoms with van der Waals surface area (Å²) >= 11 is 0. The van der Waals surface area contributed by atoms with Crippen LogP contribution >= 0.6 is 0 Å². The molecule has 0 aliphatic heterocycles. The molecule has 0 radical (unpaired) electrons. The number of aliphatic imine (C=N–C) groups is 1. The third-order valence-corrected chi connectivity index (χ3v) is 3.34. The zero-order valence-electron chi connectivity index (χ0n) is 12.8. The lowest BCUT2D eigenvalue weighted by atomic mass is 10.1. The second-order valence-electron chi connectivity index (χ2n) is 4.98. The van der Waals surface area contributed by atoms with Crippen molar-refractivity contribution in [2.24, 2.45) is 4.99 Å². The van der Waals surface area contributed by atoms with Crippen LogP contribution in [-0.4, -0.2) is 24.7 Å². The Balaban J connectivity index is 1.81. The van der Waals surface area contributed by atoms with E-state index in [1.807, 2.05) is 0 Å². The third-order valence-electron chi connectivity index (χ3n) is 3.34. The molecule has 0 amide bonds. The Labute approximate surface area is 133 Å². The van der Waals surface area contributed by atoms with Crippen LogP contribution in [0.15, 0.2) is 47.5 Å². The lowest BCUT2D eigenvalue weighted by Crippen LogP contribution is -2.37. The minimum Gasteiger partial charge on any atom is -0.505 e.